The molecule has 0 heterocycles. The van der Waals surface area contributed by atoms with Crippen molar-refractivity contribution < 1.29 is 13.2 Å². The first kappa shape index (κ1) is 12.7. The molecule has 4 heteroatoms. The summed E-state index contributed by atoms with van der Waals surface area (Å²) in [5.74, 6) is 0. The van der Waals surface area contributed by atoms with Gasteiger partial charge in [-0.05, 0) is 49.3 Å². The maximum Gasteiger partial charge on any atom is 0.416 e. The minimum Gasteiger partial charge on any atom is -0.166 e. The lowest BCUT2D eigenvalue weighted by Gasteiger charge is -2.18. The van der Waals surface area contributed by atoms with Gasteiger partial charge in [-0.15, -0.1) is 11.6 Å². The number of hydrogen-bond acceptors (Lipinski definition) is 0. The van der Waals surface area contributed by atoms with Crippen LogP contribution in [-0.4, -0.2) is 5.38 Å². The highest BCUT2D eigenvalue weighted by Gasteiger charge is 2.46. The molecule has 0 spiro atoms. The van der Waals surface area contributed by atoms with Crippen LogP contribution in [-0.2, 0) is 12.6 Å². The third-order valence-electron chi connectivity index (χ3n) is 3.57. The minimum absolute atomic E-state index is 0.0739. The van der Waals surface area contributed by atoms with Gasteiger partial charge in [0.1, 0.15) is 0 Å². The van der Waals surface area contributed by atoms with E-state index < -0.39 is 11.7 Å². The molecule has 1 aliphatic carbocycles. The van der Waals surface area contributed by atoms with E-state index in [0.717, 1.165) is 37.0 Å². The van der Waals surface area contributed by atoms with Crippen LogP contribution in [0, 0.1) is 5.41 Å². The van der Waals surface area contributed by atoms with E-state index in [4.69, 9.17) is 11.6 Å². The van der Waals surface area contributed by atoms with Crippen molar-refractivity contribution in [3.8, 4) is 0 Å². The van der Waals surface area contributed by atoms with Crippen molar-refractivity contribution in [3.63, 3.8) is 0 Å². The summed E-state index contributed by atoms with van der Waals surface area (Å²) in [6, 6.07) is 5.40. The summed E-state index contributed by atoms with van der Waals surface area (Å²) < 4.78 is 37.1. The third-order valence-corrected chi connectivity index (χ3v) is 4.04. The molecule has 0 nitrogen and oxygen atoms in total. The van der Waals surface area contributed by atoms with Crippen LogP contribution in [0.15, 0.2) is 24.3 Å². The number of rotatable bonds is 3. The second-order valence-corrected chi connectivity index (χ2v) is 5.50. The molecule has 1 atom stereocenters. The van der Waals surface area contributed by atoms with Gasteiger partial charge >= 0.3 is 6.18 Å². The predicted octanol–water partition coefficient (Wildman–Crippen LogP) is 4.66. The van der Waals surface area contributed by atoms with Gasteiger partial charge in [-0.1, -0.05) is 12.1 Å². The standard InChI is InChI=1S/C13H14ClF3/c1-9(14)12(6-7-12)8-10-2-4-11(5-3-10)13(15,16)17/h2-5,9H,6-8H2,1H3. The molecular weight excluding hydrogens is 249 g/mol. The Morgan fingerprint density at radius 3 is 2.12 bits per heavy atom. The van der Waals surface area contributed by atoms with Gasteiger partial charge in [0.05, 0.1) is 5.56 Å². The zero-order valence-corrected chi connectivity index (χ0v) is 10.3. The third kappa shape index (κ3) is 2.76. The number of alkyl halides is 4. The van der Waals surface area contributed by atoms with Crippen LogP contribution in [0.25, 0.3) is 0 Å². The Kier molecular flexibility index (Phi) is 3.15. The van der Waals surface area contributed by atoms with Crippen molar-refractivity contribution in [3.05, 3.63) is 35.4 Å². The molecule has 1 aliphatic rings. The van der Waals surface area contributed by atoms with E-state index in [2.05, 4.69) is 0 Å². The maximum atomic E-state index is 12.4. The topological polar surface area (TPSA) is 0 Å². The Labute approximate surface area is 104 Å². The molecule has 1 unspecified atom stereocenters. The van der Waals surface area contributed by atoms with E-state index in [1.807, 2.05) is 6.92 Å². The fourth-order valence-electron chi connectivity index (χ4n) is 2.09. The second kappa shape index (κ2) is 4.20. The first-order chi connectivity index (χ1) is 7.83. The van der Waals surface area contributed by atoms with Crippen LogP contribution in [0.2, 0.25) is 0 Å². The SMILES string of the molecule is CC(Cl)C1(Cc2ccc(C(F)(F)F)cc2)CC1. The molecule has 1 aromatic carbocycles. The molecule has 17 heavy (non-hydrogen) atoms. The molecule has 1 fully saturated rings. The Hall–Kier alpha value is -0.700. The fraction of sp³-hybridized carbons (Fsp3) is 0.538. The summed E-state index contributed by atoms with van der Waals surface area (Å²) in [6.07, 6.45) is -1.34. The van der Waals surface area contributed by atoms with E-state index in [1.54, 1.807) is 12.1 Å². The van der Waals surface area contributed by atoms with Gasteiger partial charge in [-0.25, -0.2) is 0 Å². The van der Waals surface area contributed by atoms with Gasteiger partial charge in [-0.3, -0.25) is 0 Å². The summed E-state index contributed by atoms with van der Waals surface area (Å²) in [4.78, 5) is 0. The molecular formula is C13H14ClF3. The number of benzene rings is 1. The molecule has 0 aromatic heterocycles. The van der Waals surface area contributed by atoms with E-state index in [9.17, 15) is 13.2 Å². The van der Waals surface area contributed by atoms with E-state index in [0.29, 0.717) is 0 Å². The summed E-state index contributed by atoms with van der Waals surface area (Å²) in [6.45, 7) is 1.96. The lowest BCUT2D eigenvalue weighted by Crippen LogP contribution is -2.15. The molecule has 0 saturated heterocycles. The summed E-state index contributed by atoms with van der Waals surface area (Å²) in [5, 5.41) is 0.0739. The Bertz CT molecular complexity index is 388. The van der Waals surface area contributed by atoms with Crippen molar-refractivity contribution in [2.24, 2.45) is 5.41 Å². The lowest BCUT2D eigenvalue weighted by atomic mass is 9.93. The highest BCUT2D eigenvalue weighted by Crippen LogP contribution is 2.53. The van der Waals surface area contributed by atoms with Crippen molar-refractivity contribution >= 4 is 11.6 Å². The van der Waals surface area contributed by atoms with E-state index >= 15 is 0 Å². The molecule has 0 bridgehead atoms. The molecule has 0 aliphatic heterocycles. The van der Waals surface area contributed by atoms with Crippen molar-refractivity contribution in [1.82, 2.24) is 0 Å². The molecule has 0 amide bonds. The zero-order chi connectivity index (χ0) is 12.7. The first-order valence-corrected chi connectivity index (χ1v) is 6.07. The monoisotopic (exact) mass is 262 g/mol. The second-order valence-electron chi connectivity index (χ2n) is 4.85. The molecule has 1 saturated carbocycles. The Morgan fingerprint density at radius 1 is 1.24 bits per heavy atom. The smallest absolute Gasteiger partial charge is 0.166 e. The van der Waals surface area contributed by atoms with Crippen LogP contribution < -0.4 is 0 Å². The summed E-state index contributed by atoms with van der Waals surface area (Å²) in [5.41, 5.74) is 0.453. The molecule has 0 N–H and O–H groups in total. The van der Waals surface area contributed by atoms with Crippen molar-refractivity contribution in [1.29, 1.82) is 0 Å². The predicted molar refractivity (Wildman–Crippen MR) is 62.1 cm³/mol. The largest absolute Gasteiger partial charge is 0.416 e. The molecule has 0 radical (unpaired) electrons. The van der Waals surface area contributed by atoms with Gasteiger partial charge in [0.25, 0.3) is 0 Å². The Morgan fingerprint density at radius 2 is 1.76 bits per heavy atom. The van der Waals surface area contributed by atoms with Gasteiger partial charge in [-0.2, -0.15) is 13.2 Å². The highest BCUT2D eigenvalue weighted by atomic mass is 35.5. The normalized spacial score (nSPS) is 20.1. The lowest BCUT2D eigenvalue weighted by molar-refractivity contribution is -0.137. The first-order valence-electron chi connectivity index (χ1n) is 5.64. The van der Waals surface area contributed by atoms with E-state index in [-0.39, 0.29) is 10.8 Å². The summed E-state index contributed by atoms with van der Waals surface area (Å²) in [7, 11) is 0. The fourth-order valence-corrected chi connectivity index (χ4v) is 2.39. The number of halogens is 4. The average Bonchev–Trinajstić information content (AvgIpc) is 2.98. The van der Waals surface area contributed by atoms with Crippen LogP contribution in [0.1, 0.15) is 30.9 Å². The maximum absolute atomic E-state index is 12.4. The molecule has 94 valence electrons. The van der Waals surface area contributed by atoms with Crippen LogP contribution in [0.3, 0.4) is 0 Å². The van der Waals surface area contributed by atoms with Crippen LogP contribution in [0.5, 0.6) is 0 Å². The van der Waals surface area contributed by atoms with Crippen molar-refractivity contribution in [2.75, 3.05) is 0 Å². The van der Waals surface area contributed by atoms with Crippen molar-refractivity contribution in [2.45, 2.75) is 37.7 Å². The van der Waals surface area contributed by atoms with Gasteiger partial charge in [0, 0.05) is 5.38 Å². The van der Waals surface area contributed by atoms with E-state index in [1.165, 1.54) is 0 Å². The minimum atomic E-state index is -4.25. The summed E-state index contributed by atoms with van der Waals surface area (Å²) >= 11 is 6.11. The highest BCUT2D eigenvalue weighted by molar-refractivity contribution is 6.21. The number of hydrogen-bond donors (Lipinski definition) is 0. The van der Waals surface area contributed by atoms with Gasteiger partial charge in [0.2, 0.25) is 0 Å². The van der Waals surface area contributed by atoms with Crippen LogP contribution >= 0.6 is 11.6 Å². The zero-order valence-electron chi connectivity index (χ0n) is 9.52. The molecule has 1 aromatic rings. The molecule has 2 rings (SSSR count). The average molecular weight is 263 g/mol. The van der Waals surface area contributed by atoms with Crippen LogP contribution in [0.4, 0.5) is 13.2 Å². The Balaban J connectivity index is 2.09. The van der Waals surface area contributed by atoms with Gasteiger partial charge in [0.15, 0.2) is 0 Å². The quantitative estimate of drug-likeness (QED) is 0.695. The van der Waals surface area contributed by atoms with Gasteiger partial charge < -0.3 is 0 Å².